The zero-order valence-electron chi connectivity index (χ0n) is 5.56. The summed E-state index contributed by atoms with van der Waals surface area (Å²) >= 11 is 3.35. The molecule has 50 valence electrons. The lowest BCUT2D eigenvalue weighted by Crippen LogP contribution is -1.83. The topological polar surface area (TPSA) is 12.9 Å². The second-order valence-electron chi connectivity index (χ2n) is 1.96. The molecule has 1 rings (SSSR count). The van der Waals surface area contributed by atoms with E-state index in [2.05, 4.69) is 26.8 Å². The molecule has 0 atom stereocenters. The van der Waals surface area contributed by atoms with Gasteiger partial charge in [-0.1, -0.05) is 21.9 Å². The van der Waals surface area contributed by atoms with Crippen molar-refractivity contribution in [1.29, 1.82) is 0 Å². The van der Waals surface area contributed by atoms with Gasteiger partial charge in [0, 0.05) is 10.7 Å². The largest absolute Gasteiger partial charge is 0.247 e. The summed E-state index contributed by atoms with van der Waals surface area (Å²) in [5.74, 6) is 2.45. The van der Waals surface area contributed by atoms with Crippen LogP contribution in [0, 0.1) is 19.3 Å². The van der Waals surface area contributed by atoms with Gasteiger partial charge in [-0.25, -0.2) is 4.98 Å². The summed E-state index contributed by atoms with van der Waals surface area (Å²) in [6.07, 6.45) is 6.88. The van der Waals surface area contributed by atoms with E-state index in [4.69, 9.17) is 6.42 Å². The minimum absolute atomic E-state index is 0.664. The van der Waals surface area contributed by atoms with Gasteiger partial charge in [-0.2, -0.15) is 0 Å². The first kappa shape index (κ1) is 7.30. The van der Waals surface area contributed by atoms with Crippen LogP contribution in [0.15, 0.2) is 16.7 Å². The smallest absolute Gasteiger partial charge is 0.113 e. The van der Waals surface area contributed by atoms with E-state index in [1.807, 2.05) is 13.0 Å². The molecule has 0 amide bonds. The molecule has 0 radical (unpaired) electrons. The van der Waals surface area contributed by atoms with E-state index >= 15 is 0 Å². The Bertz CT molecular complexity index is 286. The average Bonchev–Trinajstić information content (AvgIpc) is 1.95. The van der Waals surface area contributed by atoms with Crippen LogP contribution in [0.5, 0.6) is 0 Å². The Morgan fingerprint density at radius 3 is 2.90 bits per heavy atom. The van der Waals surface area contributed by atoms with E-state index in [-0.39, 0.29) is 0 Å². The number of hydrogen-bond acceptors (Lipinski definition) is 1. The molecule has 0 aliphatic heterocycles. The maximum atomic E-state index is 5.14. The molecule has 0 saturated carbocycles. The van der Waals surface area contributed by atoms with Gasteiger partial charge in [-0.15, -0.1) is 6.42 Å². The standard InChI is InChI=1S/C8H6BrN/c1-3-7-4-8(9)6(2)5-10-7/h1,4-5H,2H3. The predicted molar refractivity (Wildman–Crippen MR) is 44.6 cm³/mol. The maximum Gasteiger partial charge on any atom is 0.113 e. The van der Waals surface area contributed by atoms with Crippen molar-refractivity contribution in [2.45, 2.75) is 6.92 Å². The summed E-state index contributed by atoms with van der Waals surface area (Å²) in [5, 5.41) is 0. The van der Waals surface area contributed by atoms with Gasteiger partial charge < -0.3 is 0 Å². The predicted octanol–water partition coefficient (Wildman–Crippen LogP) is 2.13. The summed E-state index contributed by atoms with van der Waals surface area (Å²) in [5.41, 5.74) is 1.76. The zero-order chi connectivity index (χ0) is 7.56. The van der Waals surface area contributed by atoms with Crippen LogP contribution in [0.2, 0.25) is 0 Å². The first-order valence-corrected chi connectivity index (χ1v) is 3.62. The highest BCUT2D eigenvalue weighted by atomic mass is 79.9. The molecule has 0 bridgehead atoms. The van der Waals surface area contributed by atoms with Gasteiger partial charge in [0.05, 0.1) is 0 Å². The van der Waals surface area contributed by atoms with E-state index < -0.39 is 0 Å². The first-order valence-electron chi connectivity index (χ1n) is 2.83. The summed E-state index contributed by atoms with van der Waals surface area (Å²) in [6, 6.07) is 1.83. The Morgan fingerprint density at radius 1 is 1.70 bits per heavy atom. The van der Waals surface area contributed by atoms with Crippen LogP contribution in [0.4, 0.5) is 0 Å². The number of halogens is 1. The fourth-order valence-corrected chi connectivity index (χ4v) is 0.897. The average molecular weight is 196 g/mol. The zero-order valence-corrected chi connectivity index (χ0v) is 7.14. The van der Waals surface area contributed by atoms with Crippen LogP contribution in [0.1, 0.15) is 11.3 Å². The van der Waals surface area contributed by atoms with Gasteiger partial charge in [-0.05, 0) is 18.6 Å². The second kappa shape index (κ2) is 2.85. The third-order valence-electron chi connectivity index (χ3n) is 1.19. The molecule has 0 spiro atoms. The highest BCUT2D eigenvalue weighted by Gasteiger charge is 1.94. The van der Waals surface area contributed by atoms with Crippen molar-refractivity contribution < 1.29 is 0 Å². The van der Waals surface area contributed by atoms with Crippen LogP contribution in [-0.4, -0.2) is 4.98 Å². The third-order valence-corrected chi connectivity index (χ3v) is 2.04. The lowest BCUT2D eigenvalue weighted by Gasteiger charge is -1.95. The van der Waals surface area contributed by atoms with E-state index in [9.17, 15) is 0 Å². The monoisotopic (exact) mass is 195 g/mol. The molecule has 0 aliphatic carbocycles. The number of rotatable bonds is 0. The number of terminal acetylenes is 1. The van der Waals surface area contributed by atoms with Crippen LogP contribution >= 0.6 is 15.9 Å². The van der Waals surface area contributed by atoms with Gasteiger partial charge >= 0.3 is 0 Å². The highest BCUT2D eigenvalue weighted by Crippen LogP contribution is 2.14. The second-order valence-corrected chi connectivity index (χ2v) is 2.82. The molecule has 1 aromatic rings. The summed E-state index contributed by atoms with van der Waals surface area (Å²) in [4.78, 5) is 3.99. The number of aryl methyl sites for hydroxylation is 1. The van der Waals surface area contributed by atoms with E-state index in [1.54, 1.807) is 6.20 Å². The number of hydrogen-bond donors (Lipinski definition) is 0. The van der Waals surface area contributed by atoms with Crippen LogP contribution in [0.3, 0.4) is 0 Å². The van der Waals surface area contributed by atoms with Crippen molar-refractivity contribution in [2.24, 2.45) is 0 Å². The molecule has 10 heavy (non-hydrogen) atoms. The molecule has 1 aromatic heterocycles. The molecule has 0 aliphatic rings. The van der Waals surface area contributed by atoms with Crippen molar-refractivity contribution in [3.05, 3.63) is 28.0 Å². The van der Waals surface area contributed by atoms with Gasteiger partial charge in [0.2, 0.25) is 0 Å². The van der Waals surface area contributed by atoms with Crippen molar-refractivity contribution in [2.75, 3.05) is 0 Å². The normalized spacial score (nSPS) is 8.90. The Labute approximate surface area is 68.6 Å². The molecule has 2 heteroatoms. The lowest BCUT2D eigenvalue weighted by atomic mass is 10.3. The number of pyridine rings is 1. The first-order chi connectivity index (χ1) is 4.74. The van der Waals surface area contributed by atoms with Gasteiger partial charge in [0.1, 0.15) is 5.69 Å². The Balaban J connectivity index is 3.20. The molecule has 1 nitrogen and oxygen atoms in total. The van der Waals surface area contributed by atoms with Gasteiger partial charge in [-0.3, -0.25) is 0 Å². The minimum Gasteiger partial charge on any atom is -0.247 e. The number of nitrogens with zero attached hydrogens (tertiary/aromatic N) is 1. The summed E-state index contributed by atoms with van der Waals surface area (Å²) < 4.78 is 1.01. The van der Waals surface area contributed by atoms with Crippen molar-refractivity contribution >= 4 is 15.9 Å². The molecular weight excluding hydrogens is 190 g/mol. The van der Waals surface area contributed by atoms with Crippen LogP contribution in [-0.2, 0) is 0 Å². The van der Waals surface area contributed by atoms with E-state index in [0.717, 1.165) is 10.0 Å². The Morgan fingerprint density at radius 2 is 2.40 bits per heavy atom. The van der Waals surface area contributed by atoms with Crippen LogP contribution in [0.25, 0.3) is 0 Å². The van der Waals surface area contributed by atoms with Gasteiger partial charge in [0.25, 0.3) is 0 Å². The molecule has 0 N–H and O–H groups in total. The molecular formula is C8H6BrN. The lowest BCUT2D eigenvalue weighted by molar-refractivity contribution is 1.22. The molecule has 0 unspecified atom stereocenters. The van der Waals surface area contributed by atoms with Crippen LogP contribution < -0.4 is 0 Å². The third kappa shape index (κ3) is 1.37. The van der Waals surface area contributed by atoms with Gasteiger partial charge in [0.15, 0.2) is 0 Å². The SMILES string of the molecule is C#Cc1cc(Br)c(C)cn1. The maximum absolute atomic E-state index is 5.14. The Hall–Kier alpha value is -0.810. The van der Waals surface area contributed by atoms with E-state index in [0.29, 0.717) is 5.69 Å². The van der Waals surface area contributed by atoms with E-state index in [1.165, 1.54) is 0 Å². The molecule has 0 fully saturated rings. The molecule has 0 aromatic carbocycles. The summed E-state index contributed by atoms with van der Waals surface area (Å²) in [6.45, 7) is 1.97. The summed E-state index contributed by atoms with van der Waals surface area (Å²) in [7, 11) is 0. The number of aromatic nitrogens is 1. The Kier molecular flexibility index (Phi) is 2.08. The highest BCUT2D eigenvalue weighted by molar-refractivity contribution is 9.10. The minimum atomic E-state index is 0.664. The van der Waals surface area contributed by atoms with Crippen molar-refractivity contribution in [3.63, 3.8) is 0 Å². The fraction of sp³-hybridized carbons (Fsp3) is 0.125. The van der Waals surface area contributed by atoms with Crippen molar-refractivity contribution in [3.8, 4) is 12.3 Å². The quantitative estimate of drug-likeness (QED) is 0.579. The molecule has 1 heterocycles. The van der Waals surface area contributed by atoms with Crippen molar-refractivity contribution in [1.82, 2.24) is 4.98 Å². The molecule has 0 saturated heterocycles. The fourth-order valence-electron chi connectivity index (χ4n) is 0.578.